The molecule has 166 valence electrons. The minimum atomic E-state index is -0.237. The number of nitrogens with one attached hydrogen (secondary N) is 2. The third-order valence-corrected chi connectivity index (χ3v) is 6.49. The molecule has 1 heterocycles. The van der Waals surface area contributed by atoms with Crippen LogP contribution in [0, 0.1) is 20.8 Å². The molecule has 1 unspecified atom stereocenters. The fourth-order valence-corrected chi connectivity index (χ4v) is 4.42. The Kier molecular flexibility index (Phi) is 7.86. The largest absolute Gasteiger partial charge is 0.324 e. The van der Waals surface area contributed by atoms with Gasteiger partial charge in [-0.3, -0.25) is 19.4 Å². The molecule has 1 aliphatic rings. The zero-order chi connectivity index (χ0) is 22.5. The van der Waals surface area contributed by atoms with E-state index in [1.165, 1.54) is 0 Å². The lowest BCUT2D eigenvalue weighted by Gasteiger charge is -2.37. The lowest BCUT2D eigenvalue weighted by molar-refractivity contribution is -0.122. The van der Waals surface area contributed by atoms with Gasteiger partial charge in [-0.25, -0.2) is 0 Å². The van der Waals surface area contributed by atoms with Gasteiger partial charge in [0, 0.05) is 36.3 Å². The summed E-state index contributed by atoms with van der Waals surface area (Å²) in [5.74, 6) is -0.0216. The molecule has 1 fully saturated rings. The number of hydrogen-bond donors (Lipinski definition) is 2. The number of halogens is 1. The number of hydrogen-bond acceptors (Lipinski definition) is 4. The van der Waals surface area contributed by atoms with E-state index in [-0.39, 0.29) is 17.9 Å². The Labute approximate surface area is 193 Å². The third-order valence-electron chi connectivity index (χ3n) is 5.83. The number of para-hydroxylation sites is 1. The molecule has 0 radical (unpaired) electrons. The standard InChI is InChI=1S/C24H31BrN4O2/c1-16-8-9-21(20(25)14-16)26-24(31)19(4)29-12-10-28(11-13-29)15-22(30)27-23-17(2)6-5-7-18(23)3/h5-9,14,19H,10-13,15H2,1-4H3,(H,26,31)(H,27,30). The minimum Gasteiger partial charge on any atom is -0.324 e. The van der Waals surface area contributed by atoms with E-state index in [2.05, 4.69) is 36.4 Å². The summed E-state index contributed by atoms with van der Waals surface area (Å²) in [4.78, 5) is 29.6. The first-order chi connectivity index (χ1) is 14.7. The van der Waals surface area contributed by atoms with Gasteiger partial charge in [0.2, 0.25) is 11.8 Å². The summed E-state index contributed by atoms with van der Waals surface area (Å²) in [6.07, 6.45) is 0. The molecule has 2 N–H and O–H groups in total. The van der Waals surface area contributed by atoms with Crippen LogP contribution in [0.25, 0.3) is 0 Å². The highest BCUT2D eigenvalue weighted by Gasteiger charge is 2.26. The van der Waals surface area contributed by atoms with Crippen molar-refractivity contribution in [3.05, 3.63) is 57.6 Å². The smallest absolute Gasteiger partial charge is 0.241 e. The van der Waals surface area contributed by atoms with E-state index in [9.17, 15) is 9.59 Å². The van der Waals surface area contributed by atoms with Gasteiger partial charge in [0.25, 0.3) is 0 Å². The van der Waals surface area contributed by atoms with Gasteiger partial charge in [-0.2, -0.15) is 0 Å². The minimum absolute atomic E-state index is 0.000799. The van der Waals surface area contributed by atoms with Gasteiger partial charge >= 0.3 is 0 Å². The van der Waals surface area contributed by atoms with E-state index in [0.29, 0.717) is 6.54 Å². The molecule has 1 aliphatic heterocycles. The second kappa shape index (κ2) is 10.4. The molecule has 6 nitrogen and oxygen atoms in total. The molecular formula is C24H31BrN4O2. The van der Waals surface area contributed by atoms with Crippen LogP contribution in [-0.4, -0.2) is 60.4 Å². The van der Waals surface area contributed by atoms with Crippen LogP contribution in [0.3, 0.4) is 0 Å². The number of anilines is 2. The summed E-state index contributed by atoms with van der Waals surface area (Å²) < 4.78 is 0.882. The summed E-state index contributed by atoms with van der Waals surface area (Å²) in [6, 6.07) is 11.6. The van der Waals surface area contributed by atoms with Gasteiger partial charge in [0.1, 0.15) is 0 Å². The molecule has 2 amide bonds. The predicted octanol–water partition coefficient (Wildman–Crippen LogP) is 3.96. The van der Waals surface area contributed by atoms with Crippen LogP contribution < -0.4 is 10.6 Å². The molecule has 1 saturated heterocycles. The maximum atomic E-state index is 12.7. The van der Waals surface area contributed by atoms with Crippen molar-refractivity contribution >= 4 is 39.1 Å². The van der Waals surface area contributed by atoms with Crippen molar-refractivity contribution in [2.75, 3.05) is 43.4 Å². The van der Waals surface area contributed by atoms with Gasteiger partial charge in [-0.15, -0.1) is 0 Å². The van der Waals surface area contributed by atoms with E-state index in [0.717, 1.165) is 58.7 Å². The fraction of sp³-hybridized carbons (Fsp3) is 0.417. The number of piperazine rings is 1. The molecule has 2 aromatic rings. The van der Waals surface area contributed by atoms with E-state index < -0.39 is 0 Å². The summed E-state index contributed by atoms with van der Waals surface area (Å²) in [6.45, 7) is 11.3. The first-order valence-electron chi connectivity index (χ1n) is 10.6. The van der Waals surface area contributed by atoms with E-state index in [1.807, 2.05) is 64.1 Å². The SMILES string of the molecule is Cc1ccc(NC(=O)C(C)N2CCN(CC(=O)Nc3c(C)cccc3C)CC2)c(Br)c1. The Balaban J connectivity index is 1.48. The number of amides is 2. The maximum Gasteiger partial charge on any atom is 0.241 e. The topological polar surface area (TPSA) is 64.7 Å². The van der Waals surface area contributed by atoms with Crippen molar-refractivity contribution in [3.8, 4) is 0 Å². The van der Waals surface area contributed by atoms with E-state index in [1.54, 1.807) is 0 Å². The quantitative estimate of drug-likeness (QED) is 0.648. The lowest BCUT2D eigenvalue weighted by atomic mass is 10.1. The lowest BCUT2D eigenvalue weighted by Crippen LogP contribution is -2.53. The third kappa shape index (κ3) is 6.15. The van der Waals surface area contributed by atoms with Gasteiger partial charge in [-0.05, 0) is 72.4 Å². The average molecular weight is 487 g/mol. The summed E-state index contributed by atoms with van der Waals surface area (Å²) in [5.41, 5.74) is 4.95. The Hall–Kier alpha value is -2.22. The molecular weight excluding hydrogens is 456 g/mol. The van der Waals surface area contributed by atoms with Gasteiger partial charge in [-0.1, -0.05) is 24.3 Å². The number of carbonyl (C=O) groups is 2. The van der Waals surface area contributed by atoms with Crippen molar-refractivity contribution < 1.29 is 9.59 Å². The molecule has 0 aromatic heterocycles. The van der Waals surface area contributed by atoms with Crippen molar-refractivity contribution in [1.29, 1.82) is 0 Å². The number of aryl methyl sites for hydroxylation is 3. The average Bonchev–Trinajstić information content (AvgIpc) is 2.73. The predicted molar refractivity (Wildman–Crippen MR) is 130 cm³/mol. The van der Waals surface area contributed by atoms with Gasteiger partial charge < -0.3 is 10.6 Å². The van der Waals surface area contributed by atoms with Crippen LogP contribution in [0.2, 0.25) is 0 Å². The summed E-state index contributed by atoms with van der Waals surface area (Å²) >= 11 is 3.51. The zero-order valence-corrected chi connectivity index (χ0v) is 20.3. The number of benzene rings is 2. The molecule has 0 bridgehead atoms. The summed E-state index contributed by atoms with van der Waals surface area (Å²) in [7, 11) is 0. The van der Waals surface area contributed by atoms with Crippen molar-refractivity contribution in [3.63, 3.8) is 0 Å². The highest BCUT2D eigenvalue weighted by molar-refractivity contribution is 9.10. The normalized spacial score (nSPS) is 16.0. The summed E-state index contributed by atoms with van der Waals surface area (Å²) in [5, 5.41) is 6.06. The highest BCUT2D eigenvalue weighted by Crippen LogP contribution is 2.24. The fourth-order valence-electron chi connectivity index (χ4n) is 3.83. The number of rotatable bonds is 6. The van der Waals surface area contributed by atoms with Crippen molar-refractivity contribution in [2.45, 2.75) is 33.7 Å². The van der Waals surface area contributed by atoms with E-state index >= 15 is 0 Å². The Morgan fingerprint density at radius 1 is 1.00 bits per heavy atom. The Bertz CT molecular complexity index is 934. The molecule has 0 spiro atoms. The monoisotopic (exact) mass is 486 g/mol. The molecule has 0 aliphatic carbocycles. The second-order valence-electron chi connectivity index (χ2n) is 8.28. The first kappa shape index (κ1) is 23.4. The highest BCUT2D eigenvalue weighted by atomic mass is 79.9. The van der Waals surface area contributed by atoms with E-state index in [4.69, 9.17) is 0 Å². The second-order valence-corrected chi connectivity index (χ2v) is 9.13. The first-order valence-corrected chi connectivity index (χ1v) is 11.4. The molecule has 0 saturated carbocycles. The van der Waals surface area contributed by atoms with Crippen molar-refractivity contribution in [1.82, 2.24) is 9.80 Å². The maximum absolute atomic E-state index is 12.7. The van der Waals surface area contributed by atoms with Crippen LogP contribution in [0.15, 0.2) is 40.9 Å². The van der Waals surface area contributed by atoms with Crippen molar-refractivity contribution in [2.24, 2.45) is 0 Å². The molecule has 7 heteroatoms. The molecule has 1 atom stereocenters. The Morgan fingerprint density at radius 2 is 1.65 bits per heavy atom. The molecule has 3 rings (SSSR count). The van der Waals surface area contributed by atoms with Crippen LogP contribution in [0.5, 0.6) is 0 Å². The number of carbonyl (C=O) groups excluding carboxylic acids is 2. The van der Waals surface area contributed by atoms with Crippen LogP contribution >= 0.6 is 15.9 Å². The van der Waals surface area contributed by atoms with Crippen LogP contribution in [0.1, 0.15) is 23.6 Å². The number of nitrogens with zero attached hydrogens (tertiary/aromatic N) is 2. The van der Waals surface area contributed by atoms with Gasteiger partial charge in [0.05, 0.1) is 18.3 Å². The van der Waals surface area contributed by atoms with Crippen LogP contribution in [0.4, 0.5) is 11.4 Å². The Morgan fingerprint density at radius 3 is 2.26 bits per heavy atom. The van der Waals surface area contributed by atoms with Gasteiger partial charge in [0.15, 0.2) is 0 Å². The molecule has 2 aromatic carbocycles. The van der Waals surface area contributed by atoms with Crippen LogP contribution in [-0.2, 0) is 9.59 Å². The zero-order valence-electron chi connectivity index (χ0n) is 18.7. The molecule has 31 heavy (non-hydrogen) atoms.